The van der Waals surface area contributed by atoms with Gasteiger partial charge in [-0.3, -0.25) is 4.79 Å². The molecule has 0 fully saturated rings. The van der Waals surface area contributed by atoms with Crippen LogP contribution in [0.4, 0.5) is 0 Å². The van der Waals surface area contributed by atoms with Gasteiger partial charge >= 0.3 is 0 Å². The van der Waals surface area contributed by atoms with Crippen molar-refractivity contribution >= 4 is 23.5 Å². The Kier molecular flexibility index (Phi) is 7.12. The molecule has 0 amide bonds. The number of hydrogen-bond donors (Lipinski definition) is 0. The molecule has 6 heteroatoms. The number of para-hydroxylation sites is 2. The fourth-order valence-electron chi connectivity index (χ4n) is 3.28. The molecule has 4 aromatic rings. The Bertz CT molecular complexity index is 1370. The first kappa shape index (κ1) is 22.9. The topological polar surface area (TPSA) is 53.3 Å². The standard InChI is InChI=1S/C28H21ClN2O3/c1-3-19-33-23-15-13-21(14-16-23)26(32)18-17-24-20(2)30-31(22-9-5-4-6-10-22)28(24)34-27-12-8-7-11-25(27)29/h1,4-18H,19H2,2H3/b18-17+. The average molecular weight is 469 g/mol. The second-order valence-electron chi connectivity index (χ2n) is 7.30. The van der Waals surface area contributed by atoms with Crippen molar-refractivity contribution in [3.05, 3.63) is 107 Å². The maximum atomic E-state index is 12.8. The van der Waals surface area contributed by atoms with Crippen LogP contribution in [0.25, 0.3) is 11.8 Å². The maximum absolute atomic E-state index is 12.8. The Labute approximate surface area is 203 Å². The van der Waals surface area contributed by atoms with Crippen LogP contribution in [0.5, 0.6) is 17.4 Å². The summed E-state index contributed by atoms with van der Waals surface area (Å²) in [7, 11) is 0. The van der Waals surface area contributed by atoms with Crippen molar-refractivity contribution in [3.8, 4) is 35.4 Å². The highest BCUT2D eigenvalue weighted by Gasteiger charge is 2.18. The zero-order chi connectivity index (χ0) is 23.9. The summed E-state index contributed by atoms with van der Waals surface area (Å²) in [5.74, 6) is 3.79. The normalized spacial score (nSPS) is 10.7. The number of aryl methyl sites for hydroxylation is 1. The Morgan fingerprint density at radius 2 is 1.76 bits per heavy atom. The SMILES string of the molecule is C#CCOc1ccc(C(=O)/C=C/c2c(C)nn(-c3ccccc3)c2Oc2ccccc2Cl)cc1. The number of carbonyl (C=O) groups is 1. The largest absolute Gasteiger partial charge is 0.481 e. The lowest BCUT2D eigenvalue weighted by atomic mass is 10.1. The van der Waals surface area contributed by atoms with Crippen molar-refractivity contribution in [1.29, 1.82) is 0 Å². The van der Waals surface area contributed by atoms with Gasteiger partial charge in [-0.25, -0.2) is 0 Å². The van der Waals surface area contributed by atoms with E-state index in [-0.39, 0.29) is 12.4 Å². The van der Waals surface area contributed by atoms with Gasteiger partial charge in [0.15, 0.2) is 5.78 Å². The number of terminal acetylenes is 1. The van der Waals surface area contributed by atoms with Crippen molar-refractivity contribution in [2.45, 2.75) is 6.92 Å². The summed E-state index contributed by atoms with van der Waals surface area (Å²) in [6.07, 6.45) is 8.41. The van der Waals surface area contributed by atoms with Gasteiger partial charge in [0.05, 0.1) is 22.0 Å². The monoisotopic (exact) mass is 468 g/mol. The van der Waals surface area contributed by atoms with E-state index in [1.54, 1.807) is 47.2 Å². The van der Waals surface area contributed by atoms with Crippen LogP contribution >= 0.6 is 11.6 Å². The molecule has 0 N–H and O–H groups in total. The summed E-state index contributed by atoms with van der Waals surface area (Å²) in [4.78, 5) is 12.8. The van der Waals surface area contributed by atoms with Crippen molar-refractivity contribution < 1.29 is 14.3 Å². The third kappa shape index (κ3) is 5.20. The predicted molar refractivity (Wildman–Crippen MR) is 134 cm³/mol. The molecule has 0 radical (unpaired) electrons. The van der Waals surface area contributed by atoms with Gasteiger partial charge in [-0.1, -0.05) is 47.9 Å². The van der Waals surface area contributed by atoms with Crippen LogP contribution in [0.1, 0.15) is 21.6 Å². The van der Waals surface area contributed by atoms with Crippen LogP contribution in [0.2, 0.25) is 5.02 Å². The van der Waals surface area contributed by atoms with E-state index in [4.69, 9.17) is 27.5 Å². The van der Waals surface area contributed by atoms with Gasteiger partial charge in [0.25, 0.3) is 0 Å². The van der Waals surface area contributed by atoms with E-state index in [1.165, 1.54) is 6.08 Å². The maximum Gasteiger partial charge on any atom is 0.230 e. The van der Waals surface area contributed by atoms with Gasteiger partial charge in [-0.15, -0.1) is 6.42 Å². The van der Waals surface area contributed by atoms with Crippen LogP contribution in [-0.2, 0) is 0 Å². The van der Waals surface area contributed by atoms with Crippen molar-refractivity contribution in [2.75, 3.05) is 6.61 Å². The van der Waals surface area contributed by atoms with Gasteiger partial charge in [0.1, 0.15) is 18.1 Å². The number of hydrogen-bond acceptors (Lipinski definition) is 4. The number of benzene rings is 3. The molecule has 168 valence electrons. The summed E-state index contributed by atoms with van der Waals surface area (Å²) in [5.41, 5.74) is 2.71. The molecule has 5 nitrogen and oxygen atoms in total. The molecular formula is C28H21ClN2O3. The molecule has 0 bridgehead atoms. The smallest absolute Gasteiger partial charge is 0.230 e. The Hall–Kier alpha value is -4.27. The molecule has 1 heterocycles. The first-order valence-electron chi connectivity index (χ1n) is 10.5. The van der Waals surface area contributed by atoms with E-state index in [2.05, 4.69) is 11.0 Å². The number of halogens is 1. The molecular weight excluding hydrogens is 448 g/mol. The quantitative estimate of drug-likeness (QED) is 0.167. The highest BCUT2D eigenvalue weighted by Crippen LogP contribution is 2.34. The van der Waals surface area contributed by atoms with Crippen LogP contribution in [0.15, 0.2) is 84.9 Å². The lowest BCUT2D eigenvalue weighted by Gasteiger charge is -2.11. The second-order valence-corrected chi connectivity index (χ2v) is 7.71. The molecule has 34 heavy (non-hydrogen) atoms. The van der Waals surface area contributed by atoms with Gasteiger partial charge in [-0.2, -0.15) is 9.78 Å². The highest BCUT2D eigenvalue weighted by molar-refractivity contribution is 6.32. The number of nitrogens with zero attached hydrogens (tertiary/aromatic N) is 2. The summed E-state index contributed by atoms with van der Waals surface area (Å²) >= 11 is 6.34. The van der Waals surface area contributed by atoms with Crippen molar-refractivity contribution in [3.63, 3.8) is 0 Å². The van der Waals surface area contributed by atoms with Gasteiger partial charge in [0.2, 0.25) is 5.88 Å². The Morgan fingerprint density at radius 3 is 2.47 bits per heavy atom. The molecule has 0 aliphatic heterocycles. The lowest BCUT2D eigenvalue weighted by Crippen LogP contribution is -2.00. The van der Waals surface area contributed by atoms with E-state index in [0.29, 0.717) is 39.2 Å². The Morgan fingerprint density at radius 1 is 1.06 bits per heavy atom. The molecule has 0 saturated heterocycles. The minimum absolute atomic E-state index is 0.168. The highest BCUT2D eigenvalue weighted by atomic mass is 35.5. The van der Waals surface area contributed by atoms with E-state index in [1.807, 2.05) is 49.4 Å². The van der Waals surface area contributed by atoms with Gasteiger partial charge < -0.3 is 9.47 Å². The molecule has 0 saturated carbocycles. The van der Waals surface area contributed by atoms with Gasteiger partial charge in [0, 0.05) is 5.56 Å². The molecule has 1 aromatic heterocycles. The number of allylic oxidation sites excluding steroid dienone is 1. The molecule has 0 aliphatic carbocycles. The summed E-state index contributed by atoms with van der Waals surface area (Å²) < 4.78 is 13.3. The average Bonchev–Trinajstić information content (AvgIpc) is 3.18. The Balaban J connectivity index is 1.67. The molecule has 0 spiro atoms. The van der Waals surface area contributed by atoms with Crippen LogP contribution in [0.3, 0.4) is 0 Å². The minimum atomic E-state index is -0.168. The number of rotatable bonds is 8. The number of ketones is 1. The zero-order valence-electron chi connectivity index (χ0n) is 18.4. The first-order chi connectivity index (χ1) is 16.6. The van der Waals surface area contributed by atoms with Gasteiger partial charge in [-0.05, 0) is 67.6 Å². The van der Waals surface area contributed by atoms with E-state index < -0.39 is 0 Å². The number of carbonyl (C=O) groups excluding carboxylic acids is 1. The zero-order valence-corrected chi connectivity index (χ0v) is 19.2. The molecule has 0 aliphatic rings. The third-order valence-electron chi connectivity index (χ3n) is 4.97. The minimum Gasteiger partial charge on any atom is -0.481 e. The third-order valence-corrected chi connectivity index (χ3v) is 5.28. The van der Waals surface area contributed by atoms with Crippen LogP contribution in [-0.4, -0.2) is 22.2 Å². The van der Waals surface area contributed by atoms with E-state index in [0.717, 1.165) is 5.69 Å². The molecule has 3 aromatic carbocycles. The molecule has 0 unspecified atom stereocenters. The molecule has 0 atom stereocenters. The fourth-order valence-corrected chi connectivity index (χ4v) is 3.45. The van der Waals surface area contributed by atoms with Crippen LogP contribution < -0.4 is 9.47 Å². The number of aromatic nitrogens is 2. The lowest BCUT2D eigenvalue weighted by molar-refractivity contribution is 0.104. The van der Waals surface area contributed by atoms with Crippen molar-refractivity contribution in [1.82, 2.24) is 9.78 Å². The number of ether oxygens (including phenoxy) is 2. The van der Waals surface area contributed by atoms with Crippen molar-refractivity contribution in [2.24, 2.45) is 0 Å². The summed E-state index contributed by atoms with van der Waals surface area (Å²) in [6, 6.07) is 23.6. The van der Waals surface area contributed by atoms with Crippen LogP contribution in [0, 0.1) is 19.3 Å². The molecule has 4 rings (SSSR count). The van der Waals surface area contributed by atoms with E-state index >= 15 is 0 Å². The first-order valence-corrected chi connectivity index (χ1v) is 10.9. The fraction of sp³-hybridized carbons (Fsp3) is 0.0714. The summed E-state index contributed by atoms with van der Waals surface area (Å²) in [6.45, 7) is 2.03. The summed E-state index contributed by atoms with van der Waals surface area (Å²) in [5, 5.41) is 5.12. The predicted octanol–water partition coefficient (Wildman–Crippen LogP) is 6.53. The van der Waals surface area contributed by atoms with E-state index in [9.17, 15) is 4.79 Å². The second kappa shape index (κ2) is 10.6.